The van der Waals surface area contributed by atoms with Gasteiger partial charge in [-0.05, 0) is 44.5 Å². The summed E-state index contributed by atoms with van der Waals surface area (Å²) in [6.45, 7) is 5.57. The Morgan fingerprint density at radius 3 is 2.70 bits per heavy atom. The molecule has 0 fully saturated rings. The SMILES string of the molecule is Cc1nc2cc(C(=O)Nc3sc(C)c(C)c3C(N)=O)ccc2[nH]1. The maximum atomic E-state index is 12.5. The first kappa shape index (κ1) is 15.2. The zero-order valence-corrected chi connectivity index (χ0v) is 13.8. The van der Waals surface area contributed by atoms with Crippen LogP contribution in [0.15, 0.2) is 18.2 Å². The molecule has 7 heteroatoms. The molecule has 1 aromatic carbocycles. The van der Waals surface area contributed by atoms with E-state index in [0.29, 0.717) is 16.1 Å². The van der Waals surface area contributed by atoms with Crippen LogP contribution in [-0.4, -0.2) is 21.8 Å². The van der Waals surface area contributed by atoms with Gasteiger partial charge in [0.1, 0.15) is 10.8 Å². The molecule has 4 N–H and O–H groups in total. The number of aromatic amines is 1. The molecule has 3 aromatic rings. The highest BCUT2D eigenvalue weighted by atomic mass is 32.1. The second kappa shape index (κ2) is 5.51. The summed E-state index contributed by atoms with van der Waals surface area (Å²) in [5, 5.41) is 3.26. The molecule has 23 heavy (non-hydrogen) atoms. The molecule has 0 aliphatic heterocycles. The summed E-state index contributed by atoms with van der Waals surface area (Å²) < 4.78 is 0. The van der Waals surface area contributed by atoms with Gasteiger partial charge in [0.25, 0.3) is 11.8 Å². The Bertz CT molecular complexity index is 939. The molecule has 0 atom stereocenters. The lowest BCUT2D eigenvalue weighted by atomic mass is 10.1. The number of nitrogens with one attached hydrogen (secondary N) is 2. The van der Waals surface area contributed by atoms with Crippen LogP contribution in [-0.2, 0) is 0 Å². The number of H-pyrrole nitrogens is 1. The van der Waals surface area contributed by atoms with Crippen molar-refractivity contribution in [1.82, 2.24) is 9.97 Å². The van der Waals surface area contributed by atoms with Crippen molar-refractivity contribution in [3.63, 3.8) is 0 Å². The minimum absolute atomic E-state index is 0.295. The number of nitrogens with zero attached hydrogens (tertiary/aromatic N) is 1. The van der Waals surface area contributed by atoms with Gasteiger partial charge >= 0.3 is 0 Å². The standard InChI is InChI=1S/C16H16N4O2S/c1-7-8(2)23-16(13(7)14(17)21)20-15(22)10-4-5-11-12(6-10)19-9(3)18-11/h4-6H,1-3H3,(H2,17,21)(H,18,19)(H,20,22). The normalized spacial score (nSPS) is 10.9. The Labute approximate surface area is 136 Å². The third kappa shape index (κ3) is 2.70. The van der Waals surface area contributed by atoms with E-state index in [2.05, 4.69) is 15.3 Å². The molecule has 2 amide bonds. The van der Waals surface area contributed by atoms with E-state index in [1.165, 1.54) is 11.3 Å². The predicted molar refractivity (Wildman–Crippen MR) is 91.1 cm³/mol. The lowest BCUT2D eigenvalue weighted by Crippen LogP contribution is -2.17. The van der Waals surface area contributed by atoms with Crippen molar-refractivity contribution in [2.24, 2.45) is 5.73 Å². The number of hydrogen-bond acceptors (Lipinski definition) is 4. The van der Waals surface area contributed by atoms with Crippen LogP contribution >= 0.6 is 11.3 Å². The zero-order chi connectivity index (χ0) is 16.7. The van der Waals surface area contributed by atoms with Gasteiger partial charge < -0.3 is 16.0 Å². The summed E-state index contributed by atoms with van der Waals surface area (Å²) in [4.78, 5) is 32.5. The molecule has 0 aliphatic rings. The molecular formula is C16H16N4O2S. The van der Waals surface area contributed by atoms with Gasteiger partial charge in [0, 0.05) is 10.4 Å². The Morgan fingerprint density at radius 2 is 2.00 bits per heavy atom. The van der Waals surface area contributed by atoms with E-state index in [1.807, 2.05) is 26.8 Å². The van der Waals surface area contributed by atoms with Crippen LogP contribution in [0.1, 0.15) is 37.0 Å². The Hall–Kier alpha value is -2.67. The Balaban J connectivity index is 1.94. The van der Waals surface area contributed by atoms with E-state index in [4.69, 9.17) is 5.73 Å². The van der Waals surface area contributed by atoms with Crippen LogP contribution in [0, 0.1) is 20.8 Å². The van der Waals surface area contributed by atoms with Crippen molar-refractivity contribution >= 4 is 39.2 Å². The fourth-order valence-corrected chi connectivity index (χ4v) is 3.52. The van der Waals surface area contributed by atoms with Gasteiger partial charge in [-0.2, -0.15) is 0 Å². The number of thiophene rings is 1. The van der Waals surface area contributed by atoms with E-state index < -0.39 is 5.91 Å². The number of nitrogens with two attached hydrogens (primary N) is 1. The van der Waals surface area contributed by atoms with Crippen molar-refractivity contribution in [2.75, 3.05) is 5.32 Å². The molecule has 0 spiro atoms. The highest BCUT2D eigenvalue weighted by Crippen LogP contribution is 2.32. The summed E-state index contributed by atoms with van der Waals surface area (Å²) in [6, 6.07) is 5.24. The maximum Gasteiger partial charge on any atom is 0.256 e. The molecule has 3 rings (SSSR count). The molecule has 6 nitrogen and oxygen atoms in total. The van der Waals surface area contributed by atoms with Gasteiger partial charge in [0.05, 0.1) is 16.6 Å². The number of anilines is 1. The number of fused-ring (bicyclic) bond motifs is 1. The minimum Gasteiger partial charge on any atom is -0.365 e. The molecule has 118 valence electrons. The Morgan fingerprint density at radius 1 is 1.26 bits per heavy atom. The average Bonchev–Trinajstić information content (AvgIpc) is 2.97. The summed E-state index contributed by atoms with van der Waals surface area (Å²) in [6.07, 6.45) is 0. The minimum atomic E-state index is -0.541. The van der Waals surface area contributed by atoms with Gasteiger partial charge in [-0.3, -0.25) is 9.59 Å². The second-order valence-corrected chi connectivity index (χ2v) is 6.58. The third-order valence-corrected chi connectivity index (χ3v) is 4.85. The number of amides is 2. The Kier molecular flexibility index (Phi) is 3.65. The van der Waals surface area contributed by atoms with E-state index in [1.54, 1.807) is 12.1 Å². The first-order valence-electron chi connectivity index (χ1n) is 7.04. The van der Waals surface area contributed by atoms with Gasteiger partial charge in [-0.25, -0.2) is 4.98 Å². The highest BCUT2D eigenvalue weighted by molar-refractivity contribution is 7.16. The van der Waals surface area contributed by atoms with Crippen molar-refractivity contribution in [3.05, 3.63) is 45.6 Å². The molecule has 2 aromatic heterocycles. The van der Waals surface area contributed by atoms with E-state index >= 15 is 0 Å². The number of carbonyl (C=O) groups excluding carboxylic acids is 2. The van der Waals surface area contributed by atoms with Crippen LogP contribution < -0.4 is 11.1 Å². The smallest absolute Gasteiger partial charge is 0.256 e. The number of aryl methyl sites for hydroxylation is 2. The van der Waals surface area contributed by atoms with Crippen LogP contribution in [0.25, 0.3) is 11.0 Å². The van der Waals surface area contributed by atoms with Crippen LogP contribution in [0.2, 0.25) is 0 Å². The molecule has 2 heterocycles. The fraction of sp³-hybridized carbons (Fsp3) is 0.188. The topological polar surface area (TPSA) is 101 Å². The summed E-state index contributed by atoms with van der Waals surface area (Å²) in [7, 11) is 0. The molecule has 0 unspecified atom stereocenters. The first-order valence-corrected chi connectivity index (χ1v) is 7.86. The molecular weight excluding hydrogens is 312 g/mol. The second-order valence-electron chi connectivity index (χ2n) is 5.36. The quantitative estimate of drug-likeness (QED) is 0.689. The molecule has 0 saturated carbocycles. The maximum absolute atomic E-state index is 12.5. The lowest BCUT2D eigenvalue weighted by molar-refractivity contribution is 0.100. The number of rotatable bonds is 3. The summed E-state index contributed by atoms with van der Waals surface area (Å²) >= 11 is 1.35. The van der Waals surface area contributed by atoms with E-state index in [0.717, 1.165) is 27.3 Å². The number of carbonyl (C=O) groups is 2. The van der Waals surface area contributed by atoms with Crippen molar-refractivity contribution in [3.8, 4) is 0 Å². The van der Waals surface area contributed by atoms with E-state index in [9.17, 15) is 9.59 Å². The van der Waals surface area contributed by atoms with Crippen LogP contribution in [0.5, 0.6) is 0 Å². The third-order valence-electron chi connectivity index (χ3n) is 3.72. The number of hydrogen-bond donors (Lipinski definition) is 3. The largest absolute Gasteiger partial charge is 0.365 e. The zero-order valence-electron chi connectivity index (χ0n) is 13.0. The predicted octanol–water partition coefficient (Wildman–Crippen LogP) is 2.90. The van der Waals surface area contributed by atoms with E-state index in [-0.39, 0.29) is 5.91 Å². The van der Waals surface area contributed by atoms with Crippen LogP contribution in [0.4, 0.5) is 5.00 Å². The number of imidazole rings is 1. The fourth-order valence-electron chi connectivity index (χ4n) is 2.46. The monoisotopic (exact) mass is 328 g/mol. The van der Waals surface area contributed by atoms with Gasteiger partial charge in [0.2, 0.25) is 0 Å². The molecule has 0 aliphatic carbocycles. The van der Waals surface area contributed by atoms with Gasteiger partial charge in [-0.15, -0.1) is 11.3 Å². The highest BCUT2D eigenvalue weighted by Gasteiger charge is 2.19. The van der Waals surface area contributed by atoms with Gasteiger partial charge in [0.15, 0.2) is 0 Å². The average molecular weight is 328 g/mol. The number of aromatic nitrogens is 2. The lowest BCUT2D eigenvalue weighted by Gasteiger charge is -2.05. The van der Waals surface area contributed by atoms with Crippen molar-refractivity contribution < 1.29 is 9.59 Å². The summed E-state index contributed by atoms with van der Waals surface area (Å²) in [5.41, 5.74) is 8.67. The molecule has 0 saturated heterocycles. The molecule has 0 radical (unpaired) electrons. The van der Waals surface area contributed by atoms with Crippen LogP contribution in [0.3, 0.4) is 0 Å². The number of benzene rings is 1. The molecule has 0 bridgehead atoms. The van der Waals surface area contributed by atoms with Crippen molar-refractivity contribution in [1.29, 1.82) is 0 Å². The first-order chi connectivity index (χ1) is 10.9. The summed E-state index contributed by atoms with van der Waals surface area (Å²) in [5.74, 6) is -0.0464. The number of primary amides is 1. The van der Waals surface area contributed by atoms with Crippen molar-refractivity contribution in [2.45, 2.75) is 20.8 Å². The van der Waals surface area contributed by atoms with Gasteiger partial charge in [-0.1, -0.05) is 0 Å².